The van der Waals surface area contributed by atoms with Crippen molar-refractivity contribution in [2.24, 2.45) is 16.2 Å². The van der Waals surface area contributed by atoms with Crippen molar-refractivity contribution in [3.05, 3.63) is 36.5 Å². The van der Waals surface area contributed by atoms with Crippen LogP contribution < -0.4 is 5.32 Å². The number of carbonyl (C=O) groups is 2. The van der Waals surface area contributed by atoms with Gasteiger partial charge in [-0.25, -0.2) is 0 Å². The number of halogens is 1. The summed E-state index contributed by atoms with van der Waals surface area (Å²) in [7, 11) is 0. The van der Waals surface area contributed by atoms with E-state index in [-0.39, 0.29) is 11.7 Å². The van der Waals surface area contributed by atoms with E-state index in [1.807, 2.05) is 37.3 Å². The standard InChI is InChI=1S/C20H21BrN2O2/c1-18(2)19(3)9-10-20(18,15(21)16(19)24)17(25)23-13-8-4-6-12-7-5-11-22-14(12)13/h4-8,11,15H,9-10H2,1-3H3,(H,23,25)/t15-,19+,20-/m0/s1. The molecule has 130 valence electrons. The molecule has 5 heteroatoms. The molecule has 25 heavy (non-hydrogen) atoms. The van der Waals surface area contributed by atoms with Crippen LogP contribution in [0, 0.1) is 16.2 Å². The lowest BCUT2D eigenvalue weighted by Gasteiger charge is -2.39. The third kappa shape index (κ3) is 1.85. The molecule has 2 aromatic rings. The van der Waals surface area contributed by atoms with E-state index in [2.05, 4.69) is 40.1 Å². The smallest absolute Gasteiger partial charge is 0.232 e. The first-order chi connectivity index (χ1) is 11.8. The van der Waals surface area contributed by atoms with Crippen LogP contribution in [0.4, 0.5) is 5.69 Å². The molecule has 2 saturated carbocycles. The largest absolute Gasteiger partial charge is 0.324 e. The van der Waals surface area contributed by atoms with Crippen LogP contribution in [-0.2, 0) is 9.59 Å². The zero-order valence-electron chi connectivity index (χ0n) is 14.6. The summed E-state index contributed by atoms with van der Waals surface area (Å²) in [4.78, 5) is 30.2. The molecular formula is C20H21BrN2O2. The van der Waals surface area contributed by atoms with E-state index in [0.717, 1.165) is 17.3 Å². The Morgan fingerprint density at radius 2 is 1.92 bits per heavy atom. The molecule has 2 fully saturated rings. The number of nitrogens with one attached hydrogen (secondary N) is 1. The maximum absolute atomic E-state index is 13.4. The summed E-state index contributed by atoms with van der Waals surface area (Å²) < 4.78 is 0. The minimum absolute atomic E-state index is 0.0906. The Hall–Kier alpha value is -1.75. The molecule has 1 N–H and O–H groups in total. The Kier molecular flexibility index (Phi) is 3.43. The molecule has 2 bridgehead atoms. The molecule has 4 nitrogen and oxygen atoms in total. The number of nitrogens with zero attached hydrogens (tertiary/aromatic N) is 1. The average Bonchev–Trinajstić information content (AvgIpc) is 2.87. The Morgan fingerprint density at radius 3 is 2.60 bits per heavy atom. The van der Waals surface area contributed by atoms with Crippen LogP contribution in [0.25, 0.3) is 10.9 Å². The van der Waals surface area contributed by atoms with Crippen molar-refractivity contribution in [1.29, 1.82) is 0 Å². The Balaban J connectivity index is 1.78. The fourth-order valence-electron chi connectivity index (χ4n) is 4.89. The summed E-state index contributed by atoms with van der Waals surface area (Å²) in [6.07, 6.45) is 3.18. The molecule has 1 aromatic heterocycles. The number of rotatable bonds is 2. The van der Waals surface area contributed by atoms with E-state index >= 15 is 0 Å². The van der Waals surface area contributed by atoms with Crippen LogP contribution in [0.5, 0.6) is 0 Å². The second-order valence-electron chi connectivity index (χ2n) is 7.99. The van der Waals surface area contributed by atoms with Gasteiger partial charge in [0, 0.05) is 17.0 Å². The molecule has 1 amide bonds. The third-order valence-corrected chi connectivity index (χ3v) is 8.20. The van der Waals surface area contributed by atoms with Gasteiger partial charge in [0.1, 0.15) is 0 Å². The number of Topliss-reactive ketones (excluding diaryl/α,β-unsaturated/α-hetero) is 1. The number of carbonyl (C=O) groups excluding carboxylic acids is 2. The summed E-state index contributed by atoms with van der Waals surface area (Å²) in [6, 6.07) is 9.60. The maximum atomic E-state index is 13.4. The van der Waals surface area contributed by atoms with E-state index in [1.165, 1.54) is 0 Å². The molecule has 2 aliphatic carbocycles. The zero-order valence-corrected chi connectivity index (χ0v) is 16.2. The summed E-state index contributed by atoms with van der Waals surface area (Å²) in [5.41, 5.74) is -0.150. The monoisotopic (exact) mass is 400 g/mol. The summed E-state index contributed by atoms with van der Waals surface area (Å²) >= 11 is 3.57. The second-order valence-corrected chi connectivity index (χ2v) is 8.91. The second kappa shape index (κ2) is 5.13. The minimum Gasteiger partial charge on any atom is -0.324 e. The molecule has 0 saturated heterocycles. The number of anilines is 1. The number of hydrogen-bond acceptors (Lipinski definition) is 3. The highest BCUT2D eigenvalue weighted by atomic mass is 79.9. The van der Waals surface area contributed by atoms with Crippen LogP contribution in [0.3, 0.4) is 0 Å². The lowest BCUT2D eigenvalue weighted by molar-refractivity contribution is -0.130. The van der Waals surface area contributed by atoms with E-state index < -0.39 is 21.1 Å². The molecule has 1 heterocycles. The SMILES string of the molecule is CC1(C)[C@]2(C)CC[C@@]1(C(=O)Nc1cccc3cccnc13)[C@@H](Br)C2=O. The van der Waals surface area contributed by atoms with Crippen LogP contribution in [0.15, 0.2) is 36.5 Å². The van der Waals surface area contributed by atoms with Gasteiger partial charge in [-0.1, -0.05) is 54.9 Å². The maximum Gasteiger partial charge on any atom is 0.232 e. The van der Waals surface area contributed by atoms with Gasteiger partial charge < -0.3 is 5.32 Å². The first kappa shape index (κ1) is 16.7. The third-order valence-electron chi connectivity index (χ3n) is 7.01. The number of para-hydroxylation sites is 1. The quantitative estimate of drug-likeness (QED) is 0.762. The fraction of sp³-hybridized carbons (Fsp3) is 0.450. The molecule has 0 radical (unpaired) electrons. The minimum atomic E-state index is -0.740. The van der Waals surface area contributed by atoms with Crippen LogP contribution in [-0.4, -0.2) is 21.5 Å². The first-order valence-corrected chi connectivity index (χ1v) is 9.51. The van der Waals surface area contributed by atoms with E-state index in [9.17, 15) is 9.59 Å². The number of benzene rings is 1. The van der Waals surface area contributed by atoms with Crippen LogP contribution in [0.1, 0.15) is 33.6 Å². The van der Waals surface area contributed by atoms with Crippen molar-refractivity contribution in [3.8, 4) is 0 Å². The summed E-state index contributed by atoms with van der Waals surface area (Å²) in [5.74, 6) is 0.0575. The van der Waals surface area contributed by atoms with Gasteiger partial charge in [0.2, 0.25) is 5.91 Å². The highest BCUT2D eigenvalue weighted by molar-refractivity contribution is 9.10. The average molecular weight is 401 g/mol. The molecule has 4 rings (SSSR count). The predicted molar refractivity (Wildman–Crippen MR) is 102 cm³/mol. The molecule has 0 aliphatic heterocycles. The van der Waals surface area contributed by atoms with E-state index in [1.54, 1.807) is 6.20 Å². The lowest BCUT2D eigenvalue weighted by Crippen LogP contribution is -2.48. The highest BCUT2D eigenvalue weighted by Gasteiger charge is 2.76. The highest BCUT2D eigenvalue weighted by Crippen LogP contribution is 2.72. The van der Waals surface area contributed by atoms with Gasteiger partial charge >= 0.3 is 0 Å². The van der Waals surface area contributed by atoms with Gasteiger partial charge in [0.05, 0.1) is 21.4 Å². The Labute approximate surface area is 155 Å². The first-order valence-electron chi connectivity index (χ1n) is 8.59. The molecule has 1 aromatic carbocycles. The number of hydrogen-bond donors (Lipinski definition) is 1. The van der Waals surface area contributed by atoms with Gasteiger partial charge in [0.25, 0.3) is 0 Å². The molecule has 0 unspecified atom stereocenters. The molecule has 3 atom stereocenters. The van der Waals surface area contributed by atoms with Crippen molar-refractivity contribution >= 4 is 44.2 Å². The molecule has 0 spiro atoms. The Morgan fingerprint density at radius 1 is 1.20 bits per heavy atom. The number of aromatic nitrogens is 1. The zero-order chi connectivity index (χ0) is 18.0. The van der Waals surface area contributed by atoms with Gasteiger partial charge in [-0.05, 0) is 30.4 Å². The van der Waals surface area contributed by atoms with Gasteiger partial charge in [-0.3, -0.25) is 14.6 Å². The fourth-order valence-corrected chi connectivity index (χ4v) is 6.41. The number of pyridine rings is 1. The summed E-state index contributed by atoms with van der Waals surface area (Å²) in [5, 5.41) is 4.06. The van der Waals surface area contributed by atoms with Crippen molar-refractivity contribution < 1.29 is 9.59 Å². The summed E-state index contributed by atoms with van der Waals surface area (Å²) in [6.45, 7) is 6.12. The number of alkyl halides is 1. The lowest BCUT2D eigenvalue weighted by atomic mass is 9.64. The Bertz CT molecular complexity index is 904. The van der Waals surface area contributed by atoms with Crippen molar-refractivity contribution in [2.45, 2.75) is 38.4 Å². The molecule has 2 aliphatic rings. The van der Waals surface area contributed by atoms with E-state index in [0.29, 0.717) is 12.1 Å². The topological polar surface area (TPSA) is 59.1 Å². The van der Waals surface area contributed by atoms with Crippen molar-refractivity contribution in [3.63, 3.8) is 0 Å². The van der Waals surface area contributed by atoms with Crippen molar-refractivity contribution in [1.82, 2.24) is 4.98 Å². The normalized spacial score (nSPS) is 33.0. The van der Waals surface area contributed by atoms with Gasteiger partial charge in [0.15, 0.2) is 5.78 Å². The number of ketones is 1. The van der Waals surface area contributed by atoms with Crippen LogP contribution in [0.2, 0.25) is 0 Å². The van der Waals surface area contributed by atoms with E-state index in [4.69, 9.17) is 0 Å². The van der Waals surface area contributed by atoms with Gasteiger partial charge in [-0.2, -0.15) is 0 Å². The molecular weight excluding hydrogens is 380 g/mol. The van der Waals surface area contributed by atoms with Crippen LogP contribution >= 0.6 is 15.9 Å². The number of fused-ring (bicyclic) bond motifs is 3. The van der Waals surface area contributed by atoms with Gasteiger partial charge in [-0.15, -0.1) is 0 Å². The van der Waals surface area contributed by atoms with Crippen molar-refractivity contribution in [2.75, 3.05) is 5.32 Å². The number of amides is 1. The predicted octanol–water partition coefficient (Wildman–Crippen LogP) is 4.33.